The Kier molecular flexibility index (Phi) is 6.38. The third kappa shape index (κ3) is 4.64. The monoisotopic (exact) mass is 482 g/mol. The fourth-order valence-electron chi connectivity index (χ4n) is 4.72. The van der Waals surface area contributed by atoms with Gasteiger partial charge in [-0.2, -0.15) is 5.10 Å². The van der Waals surface area contributed by atoms with Gasteiger partial charge in [0.2, 0.25) is 5.91 Å². The average molecular weight is 483 g/mol. The van der Waals surface area contributed by atoms with E-state index in [9.17, 15) is 14.0 Å². The number of fused-ring (bicyclic) bond motifs is 1. The third-order valence-electron chi connectivity index (χ3n) is 6.54. The van der Waals surface area contributed by atoms with Gasteiger partial charge in [0.05, 0.1) is 17.9 Å². The number of anilines is 2. The number of carbonyl (C=O) groups excluding carboxylic acids is 2. The Hall–Kier alpha value is -4.26. The molecule has 0 saturated carbocycles. The van der Waals surface area contributed by atoms with E-state index in [2.05, 4.69) is 10.4 Å². The van der Waals surface area contributed by atoms with Crippen molar-refractivity contribution in [2.75, 3.05) is 10.2 Å². The molecule has 7 heteroatoms. The highest BCUT2D eigenvalue weighted by Gasteiger charge is 2.36. The number of halogens is 1. The van der Waals surface area contributed by atoms with Gasteiger partial charge in [0.15, 0.2) is 0 Å². The van der Waals surface area contributed by atoms with Crippen molar-refractivity contribution in [3.63, 3.8) is 0 Å². The van der Waals surface area contributed by atoms with E-state index < -0.39 is 17.8 Å². The van der Waals surface area contributed by atoms with Crippen LogP contribution in [0.2, 0.25) is 0 Å². The molecule has 0 bridgehead atoms. The molecular weight excluding hydrogens is 455 g/mol. The van der Waals surface area contributed by atoms with Gasteiger partial charge in [0.1, 0.15) is 11.9 Å². The maximum Gasteiger partial charge on any atom is 0.259 e. The molecule has 2 amide bonds. The van der Waals surface area contributed by atoms with Crippen molar-refractivity contribution < 1.29 is 14.0 Å². The van der Waals surface area contributed by atoms with Crippen molar-refractivity contribution in [1.29, 1.82) is 0 Å². The normalized spacial score (nSPS) is 14.9. The molecule has 1 N–H and O–H groups in total. The first kappa shape index (κ1) is 23.5. The number of amides is 2. The zero-order valence-electron chi connectivity index (χ0n) is 20.2. The molecule has 6 nitrogen and oxygen atoms in total. The number of benzene rings is 3. The molecule has 0 fully saturated rings. The lowest BCUT2D eigenvalue weighted by atomic mass is 9.94. The first-order valence-corrected chi connectivity index (χ1v) is 12.0. The zero-order chi connectivity index (χ0) is 25.2. The van der Waals surface area contributed by atoms with Gasteiger partial charge in [-0.25, -0.2) is 4.39 Å². The SMILES string of the molecule is Cc1cc(C)n(Cc2ccc(C(=O)N3c4ccccc4CCC3C(=O)Nc3ccccc3F)cc2)n1. The van der Waals surface area contributed by atoms with E-state index in [0.29, 0.717) is 30.6 Å². The van der Waals surface area contributed by atoms with Gasteiger partial charge in [-0.3, -0.25) is 19.2 Å². The van der Waals surface area contributed by atoms with Crippen LogP contribution in [-0.4, -0.2) is 27.6 Å². The van der Waals surface area contributed by atoms with Crippen molar-refractivity contribution in [1.82, 2.24) is 9.78 Å². The van der Waals surface area contributed by atoms with Gasteiger partial charge in [-0.1, -0.05) is 42.5 Å². The van der Waals surface area contributed by atoms with Gasteiger partial charge in [0, 0.05) is 16.9 Å². The summed E-state index contributed by atoms with van der Waals surface area (Å²) in [5.41, 5.74) is 5.33. The molecule has 1 unspecified atom stereocenters. The topological polar surface area (TPSA) is 67.2 Å². The minimum absolute atomic E-state index is 0.0993. The van der Waals surface area contributed by atoms with E-state index in [1.165, 1.54) is 12.1 Å². The van der Waals surface area contributed by atoms with E-state index in [4.69, 9.17) is 0 Å². The van der Waals surface area contributed by atoms with Crippen LogP contribution < -0.4 is 10.2 Å². The molecule has 1 aliphatic rings. The summed E-state index contributed by atoms with van der Waals surface area (Å²) in [6.07, 6.45) is 1.09. The van der Waals surface area contributed by atoms with E-state index in [1.807, 2.05) is 61.0 Å². The number of nitrogens with one attached hydrogen (secondary N) is 1. The van der Waals surface area contributed by atoms with Crippen molar-refractivity contribution in [2.24, 2.45) is 0 Å². The summed E-state index contributed by atoms with van der Waals surface area (Å²) in [5.74, 6) is -1.20. The van der Waals surface area contributed by atoms with Crippen LogP contribution in [0, 0.1) is 19.7 Å². The van der Waals surface area contributed by atoms with E-state index in [-0.39, 0.29) is 11.6 Å². The highest BCUT2D eigenvalue weighted by Crippen LogP contribution is 2.33. The number of hydrogen-bond donors (Lipinski definition) is 1. The average Bonchev–Trinajstić information content (AvgIpc) is 3.20. The van der Waals surface area contributed by atoms with Crippen molar-refractivity contribution >= 4 is 23.2 Å². The molecule has 5 rings (SSSR count). The Balaban J connectivity index is 1.42. The fourth-order valence-corrected chi connectivity index (χ4v) is 4.72. The number of para-hydroxylation sites is 2. The molecule has 1 atom stereocenters. The second-order valence-corrected chi connectivity index (χ2v) is 9.11. The van der Waals surface area contributed by atoms with E-state index in [0.717, 1.165) is 22.5 Å². The summed E-state index contributed by atoms with van der Waals surface area (Å²) in [7, 11) is 0. The molecule has 2 heterocycles. The van der Waals surface area contributed by atoms with Crippen LogP contribution in [0.1, 0.15) is 39.3 Å². The Morgan fingerprint density at radius 1 is 1.00 bits per heavy atom. The predicted octanol–water partition coefficient (Wildman–Crippen LogP) is 5.29. The van der Waals surface area contributed by atoms with Crippen LogP contribution in [-0.2, 0) is 17.8 Å². The van der Waals surface area contributed by atoms with Gasteiger partial charge in [-0.05, 0) is 74.2 Å². The number of carbonyl (C=O) groups is 2. The largest absolute Gasteiger partial charge is 0.322 e. The second-order valence-electron chi connectivity index (χ2n) is 9.11. The first-order valence-electron chi connectivity index (χ1n) is 12.0. The quantitative estimate of drug-likeness (QED) is 0.420. The molecule has 0 saturated heterocycles. The van der Waals surface area contributed by atoms with E-state index >= 15 is 0 Å². The second kappa shape index (κ2) is 9.77. The van der Waals surface area contributed by atoms with Crippen LogP contribution in [0.25, 0.3) is 0 Å². The summed E-state index contributed by atoms with van der Waals surface area (Å²) in [4.78, 5) is 28.6. The highest BCUT2D eigenvalue weighted by molar-refractivity contribution is 6.12. The van der Waals surface area contributed by atoms with Crippen LogP contribution >= 0.6 is 0 Å². The molecule has 1 aromatic heterocycles. The number of aryl methyl sites for hydroxylation is 3. The maximum absolute atomic E-state index is 14.2. The molecule has 3 aromatic carbocycles. The number of hydrogen-bond acceptors (Lipinski definition) is 3. The lowest BCUT2D eigenvalue weighted by molar-refractivity contribution is -0.117. The van der Waals surface area contributed by atoms with Crippen LogP contribution in [0.15, 0.2) is 78.9 Å². The Morgan fingerprint density at radius 3 is 2.44 bits per heavy atom. The molecule has 0 spiro atoms. The minimum Gasteiger partial charge on any atom is -0.322 e. The summed E-state index contributed by atoms with van der Waals surface area (Å²) >= 11 is 0. The molecular formula is C29H27FN4O2. The zero-order valence-corrected chi connectivity index (χ0v) is 20.2. The highest BCUT2D eigenvalue weighted by atomic mass is 19.1. The lowest BCUT2D eigenvalue weighted by Crippen LogP contribution is -2.50. The smallest absolute Gasteiger partial charge is 0.259 e. The Morgan fingerprint density at radius 2 is 1.72 bits per heavy atom. The fraction of sp³-hybridized carbons (Fsp3) is 0.207. The minimum atomic E-state index is -0.763. The van der Waals surface area contributed by atoms with Crippen molar-refractivity contribution in [2.45, 2.75) is 39.3 Å². The van der Waals surface area contributed by atoms with E-state index in [1.54, 1.807) is 29.2 Å². The standard InChI is InChI=1S/C29H27FN4O2/c1-19-17-20(2)33(32-19)18-21-11-13-23(14-12-21)29(36)34-26-10-6-3-7-22(26)15-16-27(34)28(35)31-25-9-5-4-8-24(25)30/h3-14,17,27H,15-16,18H2,1-2H3,(H,31,35). The molecule has 0 aliphatic carbocycles. The third-order valence-corrected chi connectivity index (χ3v) is 6.54. The summed E-state index contributed by atoms with van der Waals surface area (Å²) in [6.45, 7) is 4.58. The van der Waals surface area contributed by atoms with Gasteiger partial charge < -0.3 is 5.32 Å². The van der Waals surface area contributed by atoms with Crippen molar-refractivity contribution in [3.05, 3.63) is 113 Å². The molecule has 0 radical (unpaired) electrons. The van der Waals surface area contributed by atoms with Crippen LogP contribution in [0.3, 0.4) is 0 Å². The molecule has 4 aromatic rings. The molecule has 182 valence electrons. The maximum atomic E-state index is 14.2. The van der Waals surface area contributed by atoms with Crippen LogP contribution in [0.4, 0.5) is 15.8 Å². The van der Waals surface area contributed by atoms with Gasteiger partial charge >= 0.3 is 0 Å². The Labute approximate surface area is 209 Å². The summed E-state index contributed by atoms with van der Waals surface area (Å²) in [6, 6.07) is 22.3. The summed E-state index contributed by atoms with van der Waals surface area (Å²) in [5, 5.41) is 7.17. The Bertz CT molecular complexity index is 1430. The molecule has 36 heavy (non-hydrogen) atoms. The number of nitrogens with zero attached hydrogens (tertiary/aromatic N) is 3. The van der Waals surface area contributed by atoms with Gasteiger partial charge in [-0.15, -0.1) is 0 Å². The predicted molar refractivity (Wildman–Crippen MR) is 138 cm³/mol. The molecule has 1 aliphatic heterocycles. The van der Waals surface area contributed by atoms with Crippen molar-refractivity contribution in [3.8, 4) is 0 Å². The number of aromatic nitrogens is 2. The number of rotatable bonds is 5. The summed E-state index contributed by atoms with van der Waals surface area (Å²) < 4.78 is 16.1. The van der Waals surface area contributed by atoms with Gasteiger partial charge in [0.25, 0.3) is 5.91 Å². The lowest BCUT2D eigenvalue weighted by Gasteiger charge is -2.36. The first-order chi connectivity index (χ1) is 17.4. The van der Waals surface area contributed by atoms with Crippen LogP contribution in [0.5, 0.6) is 0 Å².